The molecule has 130 valence electrons. The monoisotopic (exact) mass is 356 g/mol. The minimum absolute atomic E-state index is 0.0181. The van der Waals surface area contributed by atoms with Crippen LogP contribution >= 0.6 is 11.6 Å². The molecule has 5 heteroatoms. The number of piperazine rings is 1. The number of benzene rings is 2. The summed E-state index contributed by atoms with van der Waals surface area (Å²) >= 11 is 5.87. The van der Waals surface area contributed by atoms with Gasteiger partial charge in [-0.05, 0) is 55.3 Å². The molecule has 0 saturated carbocycles. The smallest absolute Gasteiger partial charge is 0.254 e. The molecule has 4 nitrogen and oxygen atoms in total. The maximum absolute atomic E-state index is 12.8. The highest BCUT2D eigenvalue weighted by atomic mass is 35.5. The molecule has 0 spiro atoms. The van der Waals surface area contributed by atoms with E-state index in [1.807, 2.05) is 36.9 Å². The van der Waals surface area contributed by atoms with E-state index in [2.05, 4.69) is 0 Å². The number of amides is 2. The minimum atomic E-state index is -0.0181. The number of nitrogens with zero attached hydrogens (tertiary/aromatic N) is 2. The number of hydrogen-bond acceptors (Lipinski definition) is 2. The third-order valence-corrected chi connectivity index (χ3v) is 5.03. The van der Waals surface area contributed by atoms with Crippen LogP contribution in [0.15, 0.2) is 42.5 Å². The number of halogens is 1. The SMILES string of the molecule is Cc1cccc(C(=O)N2CCN(C(=O)c3ccc(Cl)cc3)CC2)c1C. The Morgan fingerprint density at radius 3 is 2.00 bits per heavy atom. The number of carbonyl (C=O) groups is 2. The van der Waals surface area contributed by atoms with Crippen molar-refractivity contribution >= 4 is 23.4 Å². The average Bonchev–Trinajstić information content (AvgIpc) is 2.64. The maximum Gasteiger partial charge on any atom is 0.254 e. The summed E-state index contributed by atoms with van der Waals surface area (Å²) in [6.07, 6.45) is 0. The Morgan fingerprint density at radius 1 is 0.840 bits per heavy atom. The lowest BCUT2D eigenvalue weighted by Gasteiger charge is -2.35. The standard InChI is InChI=1S/C20H21ClN2O2/c1-14-4-3-5-18(15(14)2)20(25)23-12-10-22(11-13-23)19(24)16-6-8-17(21)9-7-16/h3-9H,10-13H2,1-2H3. The van der Waals surface area contributed by atoms with E-state index in [9.17, 15) is 9.59 Å². The van der Waals surface area contributed by atoms with Gasteiger partial charge < -0.3 is 9.80 Å². The molecule has 0 aromatic heterocycles. The van der Waals surface area contributed by atoms with Gasteiger partial charge in [0.2, 0.25) is 0 Å². The van der Waals surface area contributed by atoms with Gasteiger partial charge in [0.1, 0.15) is 0 Å². The molecule has 2 aromatic rings. The summed E-state index contributed by atoms with van der Waals surface area (Å²) in [5.74, 6) is 0.0234. The Bertz CT molecular complexity index is 794. The molecule has 2 aromatic carbocycles. The van der Waals surface area contributed by atoms with Crippen molar-refractivity contribution in [2.24, 2.45) is 0 Å². The summed E-state index contributed by atoms with van der Waals surface area (Å²) in [6, 6.07) is 12.7. The Labute approximate surface area is 153 Å². The first kappa shape index (κ1) is 17.5. The predicted octanol–water partition coefficient (Wildman–Crippen LogP) is 3.56. The summed E-state index contributed by atoms with van der Waals surface area (Å²) in [7, 11) is 0. The first-order valence-corrected chi connectivity index (χ1v) is 8.75. The van der Waals surface area contributed by atoms with Crippen molar-refractivity contribution in [3.63, 3.8) is 0 Å². The molecule has 0 atom stereocenters. The van der Waals surface area contributed by atoms with Gasteiger partial charge in [-0.3, -0.25) is 9.59 Å². The zero-order valence-corrected chi connectivity index (χ0v) is 15.2. The van der Waals surface area contributed by atoms with Crippen LogP contribution in [-0.4, -0.2) is 47.8 Å². The first-order valence-electron chi connectivity index (χ1n) is 8.37. The largest absolute Gasteiger partial charge is 0.335 e. The lowest BCUT2D eigenvalue weighted by Crippen LogP contribution is -2.50. The zero-order chi connectivity index (χ0) is 18.0. The number of aryl methyl sites for hydroxylation is 1. The summed E-state index contributed by atoms with van der Waals surface area (Å²) in [6.45, 7) is 6.16. The van der Waals surface area contributed by atoms with Crippen LogP contribution in [-0.2, 0) is 0 Å². The van der Waals surface area contributed by atoms with Crippen molar-refractivity contribution in [1.82, 2.24) is 9.80 Å². The Hall–Kier alpha value is -2.33. The Morgan fingerprint density at radius 2 is 1.40 bits per heavy atom. The van der Waals surface area contributed by atoms with Crippen LogP contribution in [0.2, 0.25) is 5.02 Å². The second-order valence-corrected chi connectivity index (χ2v) is 6.78. The van der Waals surface area contributed by atoms with Crippen molar-refractivity contribution in [2.75, 3.05) is 26.2 Å². The van der Waals surface area contributed by atoms with Gasteiger partial charge >= 0.3 is 0 Å². The fourth-order valence-corrected chi connectivity index (χ4v) is 3.17. The fourth-order valence-electron chi connectivity index (χ4n) is 3.04. The Kier molecular flexibility index (Phi) is 5.09. The molecular weight excluding hydrogens is 336 g/mol. The van der Waals surface area contributed by atoms with Crippen LogP contribution in [0.4, 0.5) is 0 Å². The Balaban J connectivity index is 1.65. The highest BCUT2D eigenvalue weighted by molar-refractivity contribution is 6.30. The van der Waals surface area contributed by atoms with E-state index >= 15 is 0 Å². The molecule has 1 heterocycles. The lowest BCUT2D eigenvalue weighted by atomic mass is 10.0. The molecule has 0 N–H and O–H groups in total. The summed E-state index contributed by atoms with van der Waals surface area (Å²) in [5, 5.41) is 0.612. The normalized spacial score (nSPS) is 14.5. The zero-order valence-electron chi connectivity index (χ0n) is 14.5. The second kappa shape index (κ2) is 7.28. The molecule has 0 unspecified atom stereocenters. The van der Waals surface area contributed by atoms with E-state index in [0.29, 0.717) is 36.8 Å². The van der Waals surface area contributed by atoms with Gasteiger partial charge in [-0.15, -0.1) is 0 Å². The van der Waals surface area contributed by atoms with Gasteiger partial charge in [0.15, 0.2) is 0 Å². The third-order valence-electron chi connectivity index (χ3n) is 4.78. The van der Waals surface area contributed by atoms with Gasteiger partial charge in [-0.2, -0.15) is 0 Å². The van der Waals surface area contributed by atoms with Gasteiger partial charge in [-0.1, -0.05) is 23.7 Å². The fraction of sp³-hybridized carbons (Fsp3) is 0.300. The number of rotatable bonds is 2. The van der Waals surface area contributed by atoms with Crippen LogP contribution in [0.25, 0.3) is 0 Å². The van der Waals surface area contributed by atoms with E-state index in [-0.39, 0.29) is 11.8 Å². The van der Waals surface area contributed by atoms with E-state index < -0.39 is 0 Å². The van der Waals surface area contributed by atoms with Crippen LogP contribution < -0.4 is 0 Å². The summed E-state index contributed by atoms with van der Waals surface area (Å²) < 4.78 is 0. The van der Waals surface area contributed by atoms with Crippen LogP contribution in [0.3, 0.4) is 0 Å². The highest BCUT2D eigenvalue weighted by Gasteiger charge is 2.26. The molecule has 25 heavy (non-hydrogen) atoms. The van der Waals surface area contributed by atoms with E-state index in [4.69, 9.17) is 11.6 Å². The van der Waals surface area contributed by atoms with Crippen molar-refractivity contribution in [2.45, 2.75) is 13.8 Å². The second-order valence-electron chi connectivity index (χ2n) is 6.34. The van der Waals surface area contributed by atoms with Crippen molar-refractivity contribution < 1.29 is 9.59 Å². The maximum atomic E-state index is 12.8. The van der Waals surface area contributed by atoms with Gasteiger partial charge in [0.25, 0.3) is 11.8 Å². The summed E-state index contributed by atoms with van der Waals surface area (Å²) in [5.41, 5.74) is 3.51. The molecular formula is C20H21ClN2O2. The molecule has 1 aliphatic heterocycles. The average molecular weight is 357 g/mol. The van der Waals surface area contributed by atoms with E-state index in [1.54, 1.807) is 29.2 Å². The highest BCUT2D eigenvalue weighted by Crippen LogP contribution is 2.17. The van der Waals surface area contributed by atoms with Crippen LogP contribution in [0, 0.1) is 13.8 Å². The summed E-state index contributed by atoms with van der Waals surface area (Å²) in [4.78, 5) is 28.9. The van der Waals surface area contributed by atoms with Crippen molar-refractivity contribution in [3.8, 4) is 0 Å². The van der Waals surface area contributed by atoms with Crippen LogP contribution in [0.5, 0.6) is 0 Å². The van der Waals surface area contributed by atoms with E-state index in [1.165, 1.54) is 0 Å². The van der Waals surface area contributed by atoms with Crippen LogP contribution in [0.1, 0.15) is 31.8 Å². The van der Waals surface area contributed by atoms with Gasteiger partial charge in [-0.25, -0.2) is 0 Å². The van der Waals surface area contributed by atoms with Crippen molar-refractivity contribution in [1.29, 1.82) is 0 Å². The molecule has 3 rings (SSSR count). The molecule has 0 radical (unpaired) electrons. The molecule has 1 aliphatic rings. The first-order chi connectivity index (χ1) is 12.0. The topological polar surface area (TPSA) is 40.6 Å². The molecule has 2 amide bonds. The number of carbonyl (C=O) groups excluding carboxylic acids is 2. The predicted molar refractivity (Wildman–Crippen MR) is 99.2 cm³/mol. The molecule has 0 bridgehead atoms. The molecule has 0 aliphatic carbocycles. The van der Waals surface area contributed by atoms with Gasteiger partial charge in [0.05, 0.1) is 0 Å². The third kappa shape index (κ3) is 3.69. The minimum Gasteiger partial charge on any atom is -0.335 e. The number of hydrogen-bond donors (Lipinski definition) is 0. The van der Waals surface area contributed by atoms with E-state index in [0.717, 1.165) is 16.7 Å². The quantitative estimate of drug-likeness (QED) is 0.825. The molecule has 1 fully saturated rings. The lowest BCUT2D eigenvalue weighted by molar-refractivity contribution is 0.0535. The molecule has 1 saturated heterocycles. The van der Waals surface area contributed by atoms with Crippen molar-refractivity contribution in [3.05, 3.63) is 69.7 Å². The van der Waals surface area contributed by atoms with Gasteiger partial charge in [0, 0.05) is 42.3 Å².